The van der Waals surface area contributed by atoms with E-state index in [2.05, 4.69) is 12.2 Å². The van der Waals surface area contributed by atoms with Crippen LogP contribution in [0.5, 0.6) is 0 Å². The molecule has 2 rings (SSSR count). The monoisotopic (exact) mass is 269 g/mol. The van der Waals surface area contributed by atoms with Crippen LogP contribution in [0.2, 0.25) is 0 Å². The highest BCUT2D eigenvalue weighted by Crippen LogP contribution is 2.29. The van der Waals surface area contributed by atoms with Crippen molar-refractivity contribution in [2.24, 2.45) is 0 Å². The van der Waals surface area contributed by atoms with Gasteiger partial charge < -0.3 is 15.2 Å². The topological polar surface area (TPSA) is 61.9 Å². The maximum absolute atomic E-state index is 11.7. The van der Waals surface area contributed by atoms with E-state index in [9.17, 15) is 9.90 Å². The fourth-order valence-corrected chi connectivity index (χ4v) is 2.44. The zero-order valence-corrected chi connectivity index (χ0v) is 11.9. The largest absolute Gasteiger partial charge is 0.390 e. The van der Waals surface area contributed by atoms with Crippen LogP contribution in [0.1, 0.15) is 64.7 Å². The number of aliphatic hydroxyl groups excluding tert-OH is 1. The Bertz CT molecular complexity index is 291. The SMILES string of the molecule is CCCCCCCCC(O)[C@H]1O[C@H]1C(=O)NC1CC1. The third-order valence-electron chi connectivity index (χ3n) is 3.94. The Morgan fingerprint density at radius 3 is 2.63 bits per heavy atom. The van der Waals surface area contributed by atoms with Crippen molar-refractivity contribution in [3.05, 3.63) is 0 Å². The van der Waals surface area contributed by atoms with Gasteiger partial charge in [-0.3, -0.25) is 4.79 Å². The van der Waals surface area contributed by atoms with Crippen LogP contribution in [-0.4, -0.2) is 35.4 Å². The van der Waals surface area contributed by atoms with Crippen LogP contribution in [0, 0.1) is 0 Å². The van der Waals surface area contributed by atoms with Crippen molar-refractivity contribution < 1.29 is 14.6 Å². The van der Waals surface area contributed by atoms with Crippen LogP contribution in [0.4, 0.5) is 0 Å². The van der Waals surface area contributed by atoms with Gasteiger partial charge in [-0.1, -0.05) is 45.4 Å². The van der Waals surface area contributed by atoms with Gasteiger partial charge in [0.25, 0.3) is 5.91 Å². The lowest BCUT2D eigenvalue weighted by Crippen LogP contribution is -2.32. The highest BCUT2D eigenvalue weighted by Gasteiger charge is 2.49. The molecular formula is C15H27NO3. The van der Waals surface area contributed by atoms with E-state index in [1.807, 2.05) is 0 Å². The fourth-order valence-electron chi connectivity index (χ4n) is 2.44. The number of aliphatic hydroxyl groups is 1. The quantitative estimate of drug-likeness (QED) is 0.472. The minimum Gasteiger partial charge on any atom is -0.390 e. The van der Waals surface area contributed by atoms with E-state index in [4.69, 9.17) is 4.74 Å². The van der Waals surface area contributed by atoms with Crippen LogP contribution in [0.3, 0.4) is 0 Å². The first-order valence-corrected chi connectivity index (χ1v) is 7.86. The molecule has 0 spiro atoms. The molecule has 110 valence electrons. The molecule has 1 saturated carbocycles. The van der Waals surface area contributed by atoms with E-state index in [-0.39, 0.29) is 12.0 Å². The average molecular weight is 269 g/mol. The number of epoxide rings is 1. The summed E-state index contributed by atoms with van der Waals surface area (Å²) in [6, 6.07) is 0.369. The number of hydrogen-bond donors (Lipinski definition) is 2. The minimum absolute atomic E-state index is 0.0329. The summed E-state index contributed by atoms with van der Waals surface area (Å²) in [5, 5.41) is 12.9. The predicted octanol–water partition coefficient (Wildman–Crippen LogP) is 2.14. The molecule has 1 heterocycles. The molecule has 0 aromatic rings. The second kappa shape index (κ2) is 7.25. The van der Waals surface area contributed by atoms with Gasteiger partial charge in [0.1, 0.15) is 6.10 Å². The van der Waals surface area contributed by atoms with Gasteiger partial charge in [0.15, 0.2) is 6.10 Å². The highest BCUT2D eigenvalue weighted by atomic mass is 16.6. The molecule has 1 aliphatic heterocycles. The van der Waals surface area contributed by atoms with Crippen LogP contribution in [0.15, 0.2) is 0 Å². The number of carbonyl (C=O) groups excluding carboxylic acids is 1. The van der Waals surface area contributed by atoms with Gasteiger partial charge in [0.2, 0.25) is 0 Å². The lowest BCUT2D eigenvalue weighted by Gasteiger charge is -2.07. The number of nitrogens with one attached hydrogen (secondary N) is 1. The molecule has 1 unspecified atom stereocenters. The van der Waals surface area contributed by atoms with E-state index in [0.29, 0.717) is 6.04 Å². The van der Waals surface area contributed by atoms with Gasteiger partial charge in [-0.15, -0.1) is 0 Å². The molecule has 0 aromatic carbocycles. The van der Waals surface area contributed by atoms with Gasteiger partial charge in [-0.25, -0.2) is 0 Å². The van der Waals surface area contributed by atoms with Crippen molar-refractivity contribution in [3.63, 3.8) is 0 Å². The second-order valence-corrected chi connectivity index (χ2v) is 5.93. The van der Waals surface area contributed by atoms with Crippen LogP contribution < -0.4 is 5.32 Å². The number of amides is 1. The molecule has 2 N–H and O–H groups in total. The van der Waals surface area contributed by atoms with Crippen molar-refractivity contribution in [1.82, 2.24) is 5.32 Å². The Morgan fingerprint density at radius 2 is 1.95 bits per heavy atom. The van der Waals surface area contributed by atoms with Gasteiger partial charge in [0.05, 0.1) is 6.10 Å². The third kappa shape index (κ3) is 5.11. The van der Waals surface area contributed by atoms with Crippen LogP contribution >= 0.6 is 0 Å². The van der Waals surface area contributed by atoms with Crippen LogP contribution in [0.25, 0.3) is 0 Å². The first-order valence-electron chi connectivity index (χ1n) is 7.86. The fraction of sp³-hybridized carbons (Fsp3) is 0.933. The summed E-state index contributed by atoms with van der Waals surface area (Å²) in [5.74, 6) is -0.0329. The number of hydrogen-bond acceptors (Lipinski definition) is 3. The van der Waals surface area contributed by atoms with Crippen LogP contribution in [-0.2, 0) is 9.53 Å². The lowest BCUT2D eigenvalue weighted by atomic mass is 10.0. The Hall–Kier alpha value is -0.610. The molecule has 1 amide bonds. The van der Waals surface area contributed by atoms with Gasteiger partial charge in [0, 0.05) is 6.04 Å². The average Bonchev–Trinajstić information content (AvgIpc) is 3.25. The van der Waals surface area contributed by atoms with E-state index in [1.54, 1.807) is 0 Å². The summed E-state index contributed by atoms with van der Waals surface area (Å²) in [7, 11) is 0. The minimum atomic E-state index is -0.471. The normalized spacial score (nSPS) is 27.1. The van der Waals surface area contributed by atoms with Crippen molar-refractivity contribution in [1.29, 1.82) is 0 Å². The summed E-state index contributed by atoms with van der Waals surface area (Å²) in [4.78, 5) is 11.7. The summed E-state index contributed by atoms with van der Waals surface area (Å²) in [6.45, 7) is 2.21. The summed E-state index contributed by atoms with van der Waals surface area (Å²) in [6.07, 6.45) is 9.11. The number of rotatable bonds is 10. The number of unbranched alkanes of at least 4 members (excludes halogenated alkanes) is 5. The molecule has 2 fully saturated rings. The molecule has 0 bridgehead atoms. The first kappa shape index (κ1) is 14.8. The Labute approximate surface area is 115 Å². The molecule has 0 radical (unpaired) electrons. The smallest absolute Gasteiger partial charge is 0.252 e. The van der Waals surface area contributed by atoms with Gasteiger partial charge >= 0.3 is 0 Å². The standard InChI is InChI=1S/C15H27NO3/c1-2-3-4-5-6-7-8-12(17)13-14(19-13)15(18)16-11-9-10-11/h11-14,17H,2-10H2,1H3,(H,16,18)/t12?,13-,14-/m1/s1. The second-order valence-electron chi connectivity index (χ2n) is 5.93. The predicted molar refractivity (Wildman–Crippen MR) is 73.8 cm³/mol. The summed E-state index contributed by atoms with van der Waals surface area (Å²) >= 11 is 0. The molecule has 4 nitrogen and oxygen atoms in total. The molecule has 1 aliphatic carbocycles. The number of carbonyl (C=O) groups is 1. The Morgan fingerprint density at radius 1 is 1.26 bits per heavy atom. The Balaban J connectivity index is 1.50. The van der Waals surface area contributed by atoms with Gasteiger partial charge in [-0.05, 0) is 19.3 Å². The van der Waals surface area contributed by atoms with E-state index < -0.39 is 12.2 Å². The summed E-state index contributed by atoms with van der Waals surface area (Å²) < 4.78 is 5.30. The molecule has 1 saturated heterocycles. The molecule has 0 aromatic heterocycles. The third-order valence-corrected chi connectivity index (χ3v) is 3.94. The molecule has 2 aliphatic rings. The van der Waals surface area contributed by atoms with E-state index in [0.717, 1.165) is 25.7 Å². The molecular weight excluding hydrogens is 242 g/mol. The van der Waals surface area contributed by atoms with Crippen molar-refractivity contribution in [2.45, 2.75) is 89.1 Å². The van der Waals surface area contributed by atoms with E-state index >= 15 is 0 Å². The van der Waals surface area contributed by atoms with Crippen molar-refractivity contribution in [2.75, 3.05) is 0 Å². The molecule has 19 heavy (non-hydrogen) atoms. The molecule has 4 heteroatoms. The zero-order valence-electron chi connectivity index (χ0n) is 11.9. The highest BCUT2D eigenvalue weighted by molar-refractivity contribution is 5.84. The zero-order chi connectivity index (χ0) is 13.7. The maximum atomic E-state index is 11.7. The lowest BCUT2D eigenvalue weighted by molar-refractivity contribution is -0.122. The Kier molecular flexibility index (Phi) is 5.64. The number of ether oxygens (including phenoxy) is 1. The summed E-state index contributed by atoms with van der Waals surface area (Å²) in [5.41, 5.74) is 0. The first-order chi connectivity index (χ1) is 9.22. The van der Waals surface area contributed by atoms with Crippen molar-refractivity contribution in [3.8, 4) is 0 Å². The van der Waals surface area contributed by atoms with E-state index in [1.165, 1.54) is 32.1 Å². The molecule has 3 atom stereocenters. The maximum Gasteiger partial charge on any atom is 0.252 e. The van der Waals surface area contributed by atoms with Crippen molar-refractivity contribution >= 4 is 5.91 Å². The van der Waals surface area contributed by atoms with Gasteiger partial charge in [-0.2, -0.15) is 0 Å².